The highest BCUT2D eigenvalue weighted by molar-refractivity contribution is 8.14. The monoisotopic (exact) mass is 146 g/mol. The molecule has 0 saturated heterocycles. The molecule has 0 amide bonds. The molecule has 2 nitrogen and oxygen atoms in total. The fourth-order valence-electron chi connectivity index (χ4n) is 0.345. The summed E-state index contributed by atoms with van der Waals surface area (Å²) in [5, 5.41) is 6.96. The summed E-state index contributed by atoms with van der Waals surface area (Å²) in [4.78, 5) is 2.78. The minimum Gasteiger partial charge on any atom is -0.247 e. The van der Waals surface area contributed by atoms with Gasteiger partial charge in [-0.05, 0) is 29.7 Å². The molecular formula is C4H6N2S2. The molecule has 44 valence electrons. The van der Waals surface area contributed by atoms with Gasteiger partial charge in [-0.1, -0.05) is 0 Å². The van der Waals surface area contributed by atoms with E-state index in [9.17, 15) is 0 Å². The Bertz CT molecular complexity index is 130. The van der Waals surface area contributed by atoms with Crippen LogP contribution in [0.3, 0.4) is 0 Å². The van der Waals surface area contributed by atoms with E-state index in [4.69, 9.17) is 0 Å². The lowest BCUT2D eigenvalue weighted by atomic mass is 10.7. The molecule has 0 saturated carbocycles. The molecule has 0 aromatic carbocycles. The Kier molecular flexibility index (Phi) is 2.29. The molecule has 4 heteroatoms. The molecule has 0 spiro atoms. The molecule has 1 heterocycles. The minimum atomic E-state index is 1.03. The molecule has 8 heavy (non-hydrogen) atoms. The second-order valence-electron chi connectivity index (χ2n) is 1.17. The van der Waals surface area contributed by atoms with Gasteiger partial charge in [0.2, 0.25) is 0 Å². The molecule has 0 aromatic rings. The van der Waals surface area contributed by atoms with Crippen LogP contribution in [0.5, 0.6) is 0 Å². The largest absolute Gasteiger partial charge is 0.247 e. The quantitative estimate of drug-likeness (QED) is 0.523. The summed E-state index contributed by atoms with van der Waals surface area (Å²) in [6.45, 7) is 0. The van der Waals surface area contributed by atoms with Gasteiger partial charge in [0.25, 0.3) is 0 Å². The van der Waals surface area contributed by atoms with Gasteiger partial charge in [0.15, 0.2) is 0 Å². The van der Waals surface area contributed by atoms with Crippen LogP contribution in [0.15, 0.2) is 16.6 Å². The number of rotatable bonds is 0. The van der Waals surface area contributed by atoms with Crippen LogP contribution in [-0.4, -0.2) is 11.3 Å². The Morgan fingerprint density at radius 2 is 2.75 bits per heavy atom. The first kappa shape index (κ1) is 6.04. The zero-order valence-electron chi connectivity index (χ0n) is 4.42. The third-order valence-electron chi connectivity index (χ3n) is 0.696. The smallest absolute Gasteiger partial charge is 0.117 e. The van der Waals surface area contributed by atoms with E-state index in [-0.39, 0.29) is 0 Å². The van der Waals surface area contributed by atoms with E-state index in [1.807, 2.05) is 17.7 Å². The van der Waals surface area contributed by atoms with E-state index in [2.05, 4.69) is 9.93 Å². The van der Waals surface area contributed by atoms with E-state index < -0.39 is 0 Å². The van der Waals surface area contributed by atoms with Crippen LogP contribution < -0.4 is 4.83 Å². The normalized spacial score (nSPS) is 17.4. The molecule has 0 aromatic heterocycles. The van der Waals surface area contributed by atoms with Gasteiger partial charge in [-0.25, -0.2) is 4.83 Å². The van der Waals surface area contributed by atoms with Crippen LogP contribution in [0.4, 0.5) is 0 Å². The van der Waals surface area contributed by atoms with Crippen molar-refractivity contribution in [3.8, 4) is 0 Å². The maximum atomic E-state index is 3.95. The predicted molar refractivity (Wildman–Crippen MR) is 40.8 cm³/mol. The van der Waals surface area contributed by atoms with Gasteiger partial charge >= 0.3 is 0 Å². The third kappa shape index (κ3) is 1.45. The Morgan fingerprint density at radius 3 is 3.12 bits per heavy atom. The third-order valence-corrected chi connectivity index (χ3v) is 1.81. The molecule has 1 aliphatic rings. The second kappa shape index (κ2) is 3.04. The van der Waals surface area contributed by atoms with Crippen molar-refractivity contribution in [2.45, 2.75) is 0 Å². The van der Waals surface area contributed by atoms with Gasteiger partial charge in [-0.3, -0.25) is 0 Å². The molecule has 1 rings (SSSR count). The lowest BCUT2D eigenvalue weighted by Gasteiger charge is -2.01. The maximum Gasteiger partial charge on any atom is 0.117 e. The Balaban J connectivity index is 2.51. The number of hydrogen-bond acceptors (Lipinski definition) is 4. The van der Waals surface area contributed by atoms with Crippen molar-refractivity contribution in [1.82, 2.24) is 4.83 Å². The second-order valence-corrected chi connectivity index (χ2v) is 2.68. The molecule has 0 radical (unpaired) electrons. The van der Waals surface area contributed by atoms with Gasteiger partial charge in [-0.15, -0.1) is 11.8 Å². The van der Waals surface area contributed by atoms with E-state index >= 15 is 0 Å². The lowest BCUT2D eigenvalue weighted by molar-refractivity contribution is 1.13. The van der Waals surface area contributed by atoms with Gasteiger partial charge in [0.05, 0.1) is 0 Å². The minimum absolute atomic E-state index is 1.03. The fraction of sp³-hybridized carbons (Fsp3) is 0.250. The predicted octanol–water partition coefficient (Wildman–Crippen LogP) is 1.43. The first-order chi connectivity index (χ1) is 3.93. The highest BCUT2D eigenvalue weighted by atomic mass is 32.2. The summed E-state index contributed by atoms with van der Waals surface area (Å²) < 4.78 is 0. The Labute approximate surface area is 56.9 Å². The van der Waals surface area contributed by atoms with Crippen molar-refractivity contribution in [3.05, 3.63) is 11.5 Å². The van der Waals surface area contributed by atoms with Crippen molar-refractivity contribution in [1.29, 1.82) is 0 Å². The van der Waals surface area contributed by atoms with Crippen molar-refractivity contribution in [2.75, 3.05) is 6.26 Å². The number of nitrogens with zero attached hydrogens (tertiary/aromatic N) is 1. The summed E-state index contributed by atoms with van der Waals surface area (Å²) in [5.41, 5.74) is 0. The van der Waals surface area contributed by atoms with Crippen molar-refractivity contribution in [3.63, 3.8) is 0 Å². The molecule has 1 aliphatic heterocycles. The Morgan fingerprint density at radius 1 is 1.88 bits per heavy atom. The molecule has 0 aliphatic carbocycles. The fourth-order valence-corrected chi connectivity index (χ4v) is 1.24. The molecular weight excluding hydrogens is 140 g/mol. The van der Waals surface area contributed by atoms with Crippen LogP contribution in [0, 0.1) is 0 Å². The number of hydrazone groups is 1. The van der Waals surface area contributed by atoms with Crippen LogP contribution in [-0.2, 0) is 0 Å². The number of hydrogen-bond donors (Lipinski definition) is 1. The molecule has 0 bridgehead atoms. The molecule has 0 unspecified atom stereocenters. The van der Waals surface area contributed by atoms with Gasteiger partial charge < -0.3 is 0 Å². The summed E-state index contributed by atoms with van der Waals surface area (Å²) in [6.07, 6.45) is 3.98. The Hall–Kier alpha value is -0.0900. The molecule has 0 fully saturated rings. The van der Waals surface area contributed by atoms with E-state index in [1.165, 1.54) is 11.9 Å². The van der Waals surface area contributed by atoms with Gasteiger partial charge in [-0.2, -0.15) is 5.10 Å². The van der Waals surface area contributed by atoms with E-state index in [0.717, 1.165) is 5.04 Å². The first-order valence-electron chi connectivity index (χ1n) is 2.12. The van der Waals surface area contributed by atoms with Crippen molar-refractivity contribution < 1.29 is 0 Å². The van der Waals surface area contributed by atoms with Crippen molar-refractivity contribution >= 4 is 28.8 Å². The summed E-state index contributed by atoms with van der Waals surface area (Å²) >= 11 is 3.12. The summed E-state index contributed by atoms with van der Waals surface area (Å²) in [5.74, 6) is 0. The van der Waals surface area contributed by atoms with Gasteiger partial charge in [0.1, 0.15) is 5.04 Å². The first-order valence-corrected chi connectivity index (χ1v) is 4.23. The molecule has 1 N–H and O–H groups in total. The standard InChI is InChI=1S/C4H6N2S2/c1-7-4-2-3-8-6-5-4/h2-3,6H,1H3. The highest BCUT2D eigenvalue weighted by Crippen LogP contribution is 2.08. The average Bonchev–Trinajstić information content (AvgIpc) is 1.90. The van der Waals surface area contributed by atoms with Crippen LogP contribution in [0.1, 0.15) is 0 Å². The average molecular weight is 146 g/mol. The topological polar surface area (TPSA) is 24.4 Å². The van der Waals surface area contributed by atoms with E-state index in [1.54, 1.807) is 11.8 Å². The van der Waals surface area contributed by atoms with E-state index in [0.29, 0.717) is 0 Å². The summed E-state index contributed by atoms with van der Waals surface area (Å²) in [7, 11) is 0. The maximum absolute atomic E-state index is 3.95. The number of nitrogens with one attached hydrogen (secondary N) is 1. The summed E-state index contributed by atoms with van der Waals surface area (Å²) in [6, 6.07) is 0. The zero-order valence-corrected chi connectivity index (χ0v) is 6.05. The van der Waals surface area contributed by atoms with Crippen LogP contribution >= 0.6 is 23.7 Å². The zero-order chi connectivity index (χ0) is 5.82. The SMILES string of the molecule is CSC1=NNSC=C1. The van der Waals surface area contributed by atoms with Crippen LogP contribution in [0.2, 0.25) is 0 Å². The lowest BCUT2D eigenvalue weighted by Crippen LogP contribution is -1.99. The van der Waals surface area contributed by atoms with Gasteiger partial charge in [0, 0.05) is 0 Å². The highest BCUT2D eigenvalue weighted by Gasteiger charge is 1.93. The van der Waals surface area contributed by atoms with Crippen LogP contribution in [0.25, 0.3) is 0 Å². The van der Waals surface area contributed by atoms with Crippen molar-refractivity contribution in [2.24, 2.45) is 5.10 Å². The number of thioether (sulfide) groups is 1. The molecule has 0 atom stereocenters.